The number of hydrogen-bond acceptors (Lipinski definition) is 0. The first-order chi connectivity index (χ1) is 9.70. The van der Waals surface area contributed by atoms with E-state index in [-0.39, 0.29) is 0 Å². The molecule has 0 radical (unpaired) electrons. The third kappa shape index (κ3) is 13.9. The van der Waals surface area contributed by atoms with Crippen LogP contribution in [0.1, 0.15) is 105 Å². The Morgan fingerprint density at radius 2 is 1.00 bits per heavy atom. The highest BCUT2D eigenvalue weighted by Crippen LogP contribution is 2.14. The van der Waals surface area contributed by atoms with Crippen LogP contribution < -0.4 is 0 Å². The van der Waals surface area contributed by atoms with Crippen molar-refractivity contribution in [3.05, 3.63) is 23.3 Å². The lowest BCUT2D eigenvalue weighted by Crippen LogP contribution is -1.83. The van der Waals surface area contributed by atoms with E-state index in [1.807, 2.05) is 0 Å². The Bertz CT molecular complexity index is 229. The van der Waals surface area contributed by atoms with Crippen LogP contribution in [0.2, 0.25) is 0 Å². The van der Waals surface area contributed by atoms with E-state index >= 15 is 0 Å². The van der Waals surface area contributed by atoms with Crippen LogP contribution in [0.3, 0.4) is 0 Å². The summed E-state index contributed by atoms with van der Waals surface area (Å²) in [6, 6.07) is 0. The first-order valence-electron chi connectivity index (χ1n) is 9.02. The van der Waals surface area contributed by atoms with E-state index in [1.165, 1.54) is 77.0 Å². The summed E-state index contributed by atoms with van der Waals surface area (Å²) in [5.74, 6) is 0. The van der Waals surface area contributed by atoms with Crippen molar-refractivity contribution in [3.8, 4) is 0 Å². The molecule has 0 N–H and O–H groups in total. The van der Waals surface area contributed by atoms with Gasteiger partial charge in [0.05, 0.1) is 0 Å². The maximum absolute atomic E-state index is 2.46. The lowest BCUT2D eigenvalue weighted by atomic mass is 10.0. The first kappa shape index (κ1) is 19.5. The van der Waals surface area contributed by atoms with Gasteiger partial charge in [0.2, 0.25) is 0 Å². The van der Waals surface area contributed by atoms with Crippen LogP contribution >= 0.6 is 0 Å². The lowest BCUT2D eigenvalue weighted by Gasteiger charge is -2.04. The van der Waals surface area contributed by atoms with Gasteiger partial charge >= 0.3 is 0 Å². The van der Waals surface area contributed by atoms with Gasteiger partial charge < -0.3 is 0 Å². The predicted octanol–water partition coefficient (Wildman–Crippen LogP) is 7.60. The summed E-state index contributed by atoms with van der Waals surface area (Å²) in [5, 5.41) is 0. The van der Waals surface area contributed by atoms with Gasteiger partial charge in [-0.2, -0.15) is 0 Å². The van der Waals surface area contributed by atoms with E-state index in [9.17, 15) is 0 Å². The predicted molar refractivity (Wildman–Crippen MR) is 94.3 cm³/mol. The van der Waals surface area contributed by atoms with E-state index in [4.69, 9.17) is 0 Å². The van der Waals surface area contributed by atoms with Crippen molar-refractivity contribution in [1.29, 1.82) is 0 Å². The third-order valence-corrected chi connectivity index (χ3v) is 4.01. The molecule has 0 saturated carbocycles. The molecule has 0 unspecified atom stereocenters. The Morgan fingerprint density at radius 1 is 0.600 bits per heavy atom. The van der Waals surface area contributed by atoms with Gasteiger partial charge in [-0.25, -0.2) is 0 Å². The molecule has 0 aliphatic heterocycles. The second-order valence-electron chi connectivity index (χ2n) is 6.30. The topological polar surface area (TPSA) is 0 Å². The molecule has 0 heterocycles. The third-order valence-electron chi connectivity index (χ3n) is 4.01. The molecule has 118 valence electrons. The summed E-state index contributed by atoms with van der Waals surface area (Å²) < 4.78 is 0. The molecule has 0 aromatic rings. The smallest absolute Gasteiger partial charge is 0.0286 e. The van der Waals surface area contributed by atoms with Crippen LogP contribution in [0.15, 0.2) is 23.3 Å². The summed E-state index contributed by atoms with van der Waals surface area (Å²) in [6.45, 7) is 9.15. The second-order valence-corrected chi connectivity index (χ2v) is 6.30. The van der Waals surface area contributed by atoms with Gasteiger partial charge in [0.1, 0.15) is 0 Å². The van der Waals surface area contributed by atoms with Crippen molar-refractivity contribution in [2.24, 2.45) is 0 Å². The molecule has 0 fully saturated rings. The van der Waals surface area contributed by atoms with Gasteiger partial charge in [0.15, 0.2) is 0 Å². The van der Waals surface area contributed by atoms with Gasteiger partial charge in [-0.05, 0) is 52.4 Å². The average Bonchev–Trinajstić information content (AvgIpc) is 2.44. The normalized spacial score (nSPS) is 13.0. The van der Waals surface area contributed by atoms with Gasteiger partial charge in [0.25, 0.3) is 0 Å². The van der Waals surface area contributed by atoms with Crippen molar-refractivity contribution in [2.75, 3.05) is 0 Å². The molecule has 20 heavy (non-hydrogen) atoms. The molecular weight excluding hydrogens is 240 g/mol. The number of hydrogen-bond donors (Lipinski definition) is 0. The molecule has 0 bridgehead atoms. The minimum absolute atomic E-state index is 1.26. The summed E-state index contributed by atoms with van der Waals surface area (Å²) in [6.07, 6.45) is 21.0. The molecule has 0 atom stereocenters. The fourth-order valence-electron chi connectivity index (χ4n) is 2.44. The SMILES string of the molecule is CCCCCCC=C(C)CCC(C)=CCCCCCC. The van der Waals surface area contributed by atoms with Gasteiger partial charge in [-0.3, -0.25) is 0 Å². The number of allylic oxidation sites excluding steroid dienone is 4. The molecule has 0 spiro atoms. The van der Waals surface area contributed by atoms with Gasteiger partial charge in [-0.1, -0.05) is 75.7 Å². The largest absolute Gasteiger partial charge is 0.0856 e. The zero-order chi connectivity index (χ0) is 15.1. The molecule has 0 nitrogen and oxygen atoms in total. The summed E-state index contributed by atoms with van der Waals surface area (Å²) in [4.78, 5) is 0. The zero-order valence-electron chi connectivity index (χ0n) is 14.6. The summed E-state index contributed by atoms with van der Waals surface area (Å²) >= 11 is 0. The van der Waals surface area contributed by atoms with Crippen LogP contribution in [-0.2, 0) is 0 Å². The van der Waals surface area contributed by atoms with Crippen molar-refractivity contribution < 1.29 is 0 Å². The van der Waals surface area contributed by atoms with Crippen molar-refractivity contribution in [1.82, 2.24) is 0 Å². The highest BCUT2D eigenvalue weighted by atomic mass is 14.0. The van der Waals surface area contributed by atoms with E-state index < -0.39 is 0 Å². The maximum atomic E-state index is 2.46. The van der Waals surface area contributed by atoms with Crippen LogP contribution in [0.25, 0.3) is 0 Å². The molecule has 0 rings (SSSR count). The summed E-state index contributed by atoms with van der Waals surface area (Å²) in [5.41, 5.74) is 3.17. The molecule has 0 aliphatic rings. The molecule has 0 aromatic carbocycles. The highest BCUT2D eigenvalue weighted by molar-refractivity contribution is 5.05. The molecule has 0 aromatic heterocycles. The lowest BCUT2D eigenvalue weighted by molar-refractivity contribution is 0.670. The van der Waals surface area contributed by atoms with Crippen molar-refractivity contribution >= 4 is 0 Å². The second kappa shape index (κ2) is 14.9. The molecule has 0 saturated heterocycles. The van der Waals surface area contributed by atoms with E-state index in [2.05, 4.69) is 39.8 Å². The van der Waals surface area contributed by atoms with Gasteiger partial charge in [0, 0.05) is 0 Å². The number of unbranched alkanes of at least 4 members (excludes halogenated alkanes) is 8. The van der Waals surface area contributed by atoms with E-state index in [0.717, 1.165) is 0 Å². The minimum atomic E-state index is 1.26. The number of rotatable bonds is 13. The Morgan fingerprint density at radius 3 is 1.35 bits per heavy atom. The maximum Gasteiger partial charge on any atom is -0.0286 e. The Hall–Kier alpha value is -0.520. The van der Waals surface area contributed by atoms with Gasteiger partial charge in [-0.15, -0.1) is 0 Å². The zero-order valence-corrected chi connectivity index (χ0v) is 14.6. The van der Waals surface area contributed by atoms with E-state index in [1.54, 1.807) is 11.1 Å². The average molecular weight is 279 g/mol. The summed E-state index contributed by atoms with van der Waals surface area (Å²) in [7, 11) is 0. The molecule has 0 heteroatoms. The first-order valence-corrected chi connectivity index (χ1v) is 9.02. The Kier molecular flexibility index (Phi) is 14.5. The molecular formula is C20H38. The fraction of sp³-hybridized carbons (Fsp3) is 0.800. The standard InChI is InChI=1S/C20H38/c1-5-7-9-11-13-15-19(3)17-18-20(4)16-14-12-10-8-6-2/h15-16H,5-14,17-18H2,1-4H3. The van der Waals surface area contributed by atoms with Crippen molar-refractivity contribution in [2.45, 2.75) is 105 Å². The minimum Gasteiger partial charge on any atom is -0.0856 e. The highest BCUT2D eigenvalue weighted by Gasteiger charge is 1.94. The molecule has 0 aliphatic carbocycles. The van der Waals surface area contributed by atoms with Crippen molar-refractivity contribution in [3.63, 3.8) is 0 Å². The molecule has 0 amide bonds. The van der Waals surface area contributed by atoms with Crippen LogP contribution in [0, 0.1) is 0 Å². The van der Waals surface area contributed by atoms with Crippen LogP contribution in [-0.4, -0.2) is 0 Å². The van der Waals surface area contributed by atoms with E-state index in [0.29, 0.717) is 0 Å². The Balaban J connectivity index is 3.62. The fourth-order valence-corrected chi connectivity index (χ4v) is 2.44. The van der Waals surface area contributed by atoms with Crippen LogP contribution in [0.5, 0.6) is 0 Å². The quantitative estimate of drug-likeness (QED) is 0.240. The Labute approximate surface area is 128 Å². The monoisotopic (exact) mass is 278 g/mol. The van der Waals surface area contributed by atoms with Crippen LogP contribution in [0.4, 0.5) is 0 Å².